The standard InChI is InChI=1S/C19H23Cl2NO4/c1-3-25-18(24)19(2,9-8-14-5-4-10-22-14)17(23)12-26-16-7-6-13(20)11-15(16)21/h4-7,10-11,17,22-23H,3,8-9,12H2,1-2H3. The van der Waals surface area contributed by atoms with Crippen molar-refractivity contribution in [2.45, 2.75) is 32.8 Å². The number of hydrogen-bond donors (Lipinski definition) is 2. The van der Waals surface area contributed by atoms with Gasteiger partial charge in [0.2, 0.25) is 0 Å². The van der Waals surface area contributed by atoms with Gasteiger partial charge >= 0.3 is 5.97 Å². The molecule has 0 fully saturated rings. The highest BCUT2D eigenvalue weighted by Gasteiger charge is 2.42. The van der Waals surface area contributed by atoms with E-state index < -0.39 is 17.5 Å². The van der Waals surface area contributed by atoms with Crippen LogP contribution in [-0.4, -0.2) is 35.4 Å². The number of ether oxygens (including phenoxy) is 2. The predicted molar refractivity (Wildman–Crippen MR) is 102 cm³/mol. The lowest BCUT2D eigenvalue weighted by molar-refractivity contribution is -0.163. The molecule has 2 atom stereocenters. The highest BCUT2D eigenvalue weighted by Crippen LogP contribution is 2.32. The first-order chi connectivity index (χ1) is 12.4. The van der Waals surface area contributed by atoms with E-state index in [2.05, 4.69) is 4.98 Å². The van der Waals surface area contributed by atoms with Crippen molar-refractivity contribution in [1.29, 1.82) is 0 Å². The van der Waals surface area contributed by atoms with Crippen LogP contribution in [0.25, 0.3) is 0 Å². The number of aromatic nitrogens is 1. The molecule has 0 saturated carbocycles. The summed E-state index contributed by atoms with van der Waals surface area (Å²) in [6, 6.07) is 8.64. The minimum atomic E-state index is -1.11. The van der Waals surface area contributed by atoms with Crippen molar-refractivity contribution >= 4 is 29.2 Å². The van der Waals surface area contributed by atoms with Crippen LogP contribution < -0.4 is 4.74 Å². The van der Waals surface area contributed by atoms with Crippen LogP contribution in [0.4, 0.5) is 0 Å². The summed E-state index contributed by atoms with van der Waals surface area (Å²) in [6.45, 7) is 3.57. The average molecular weight is 400 g/mol. The number of aliphatic hydroxyl groups is 1. The number of aliphatic hydroxyl groups excluding tert-OH is 1. The van der Waals surface area contributed by atoms with E-state index in [1.165, 1.54) is 0 Å². The average Bonchev–Trinajstić information content (AvgIpc) is 3.12. The molecule has 2 N–H and O–H groups in total. The number of aromatic amines is 1. The van der Waals surface area contributed by atoms with Crippen LogP contribution in [-0.2, 0) is 16.0 Å². The van der Waals surface area contributed by atoms with Gasteiger partial charge in [-0.1, -0.05) is 23.2 Å². The van der Waals surface area contributed by atoms with Crippen LogP contribution in [0.5, 0.6) is 5.75 Å². The third-order valence-corrected chi connectivity index (χ3v) is 4.87. The lowest BCUT2D eigenvalue weighted by Gasteiger charge is -2.32. The molecule has 5 nitrogen and oxygen atoms in total. The Hall–Kier alpha value is -1.69. The number of rotatable bonds is 9. The van der Waals surface area contributed by atoms with Crippen LogP contribution >= 0.6 is 23.2 Å². The molecule has 0 spiro atoms. The van der Waals surface area contributed by atoms with E-state index in [-0.39, 0.29) is 13.2 Å². The molecule has 7 heteroatoms. The lowest BCUT2D eigenvalue weighted by atomic mass is 9.79. The molecule has 1 heterocycles. The van der Waals surface area contributed by atoms with Gasteiger partial charge in [-0.25, -0.2) is 0 Å². The molecule has 1 aromatic heterocycles. The summed E-state index contributed by atoms with van der Waals surface area (Å²) in [5.74, 6) is -0.0597. The fraction of sp³-hybridized carbons (Fsp3) is 0.421. The van der Waals surface area contributed by atoms with E-state index in [0.29, 0.717) is 28.6 Å². The van der Waals surface area contributed by atoms with E-state index in [4.69, 9.17) is 32.7 Å². The Labute approximate surface area is 163 Å². The third-order valence-electron chi connectivity index (χ3n) is 4.34. The van der Waals surface area contributed by atoms with Gasteiger partial charge in [-0.05, 0) is 57.0 Å². The molecule has 2 aromatic rings. The summed E-state index contributed by atoms with van der Waals surface area (Å²) in [4.78, 5) is 15.6. The second kappa shape index (κ2) is 9.31. The molecule has 1 aromatic carbocycles. The molecule has 2 unspecified atom stereocenters. The van der Waals surface area contributed by atoms with E-state index in [1.54, 1.807) is 32.0 Å². The molecule has 26 heavy (non-hydrogen) atoms. The van der Waals surface area contributed by atoms with Crippen LogP contribution in [0.2, 0.25) is 10.0 Å². The monoisotopic (exact) mass is 399 g/mol. The Bertz CT molecular complexity index is 720. The smallest absolute Gasteiger partial charge is 0.314 e. The zero-order chi connectivity index (χ0) is 19.2. The summed E-state index contributed by atoms with van der Waals surface area (Å²) >= 11 is 11.9. The third kappa shape index (κ3) is 5.16. The Morgan fingerprint density at radius 2 is 2.12 bits per heavy atom. The maximum absolute atomic E-state index is 12.5. The fourth-order valence-electron chi connectivity index (χ4n) is 2.56. The molecule has 0 aliphatic rings. The van der Waals surface area contributed by atoms with Gasteiger partial charge in [0.05, 0.1) is 17.0 Å². The Kier molecular flexibility index (Phi) is 7.38. The van der Waals surface area contributed by atoms with Crippen molar-refractivity contribution in [3.63, 3.8) is 0 Å². The van der Waals surface area contributed by atoms with Crippen molar-refractivity contribution in [3.8, 4) is 5.75 Å². The van der Waals surface area contributed by atoms with Crippen LogP contribution in [0.3, 0.4) is 0 Å². The topological polar surface area (TPSA) is 71.6 Å². The number of aryl methyl sites for hydroxylation is 1. The Morgan fingerprint density at radius 1 is 1.35 bits per heavy atom. The number of carbonyl (C=O) groups is 1. The molecule has 0 aliphatic heterocycles. The van der Waals surface area contributed by atoms with Gasteiger partial charge in [0.25, 0.3) is 0 Å². The van der Waals surface area contributed by atoms with Gasteiger partial charge < -0.3 is 19.6 Å². The summed E-state index contributed by atoms with van der Waals surface area (Å²) in [5, 5.41) is 11.5. The summed E-state index contributed by atoms with van der Waals surface area (Å²) in [5.41, 5.74) is -0.130. The van der Waals surface area contributed by atoms with Gasteiger partial charge in [-0.2, -0.15) is 0 Å². The minimum absolute atomic E-state index is 0.0958. The first kappa shape index (κ1) is 20.6. The molecular formula is C19H23Cl2NO4. The number of esters is 1. The van der Waals surface area contributed by atoms with Crippen molar-refractivity contribution in [2.75, 3.05) is 13.2 Å². The fourth-order valence-corrected chi connectivity index (χ4v) is 3.03. The maximum atomic E-state index is 12.5. The molecule has 0 saturated heterocycles. The van der Waals surface area contributed by atoms with E-state index in [0.717, 1.165) is 5.69 Å². The summed E-state index contributed by atoms with van der Waals surface area (Å²) < 4.78 is 10.8. The molecule has 0 radical (unpaired) electrons. The first-order valence-corrected chi connectivity index (χ1v) is 9.18. The highest BCUT2D eigenvalue weighted by molar-refractivity contribution is 6.35. The maximum Gasteiger partial charge on any atom is 0.314 e. The lowest BCUT2D eigenvalue weighted by Crippen LogP contribution is -2.44. The summed E-state index contributed by atoms with van der Waals surface area (Å²) in [7, 11) is 0. The SMILES string of the molecule is CCOC(=O)C(C)(CCc1ccc[nH]1)C(O)COc1ccc(Cl)cc1Cl. The van der Waals surface area contributed by atoms with Gasteiger partial charge in [-0.3, -0.25) is 4.79 Å². The molecule has 142 valence electrons. The number of nitrogens with one attached hydrogen (secondary N) is 1. The van der Waals surface area contributed by atoms with Gasteiger partial charge in [0, 0.05) is 16.9 Å². The molecule has 2 rings (SSSR count). The van der Waals surface area contributed by atoms with Crippen LogP contribution in [0.15, 0.2) is 36.5 Å². The molecule has 0 aliphatic carbocycles. The number of halogens is 2. The number of H-pyrrole nitrogens is 1. The Balaban J connectivity index is 2.08. The zero-order valence-electron chi connectivity index (χ0n) is 14.8. The molecule has 0 bridgehead atoms. The Morgan fingerprint density at radius 3 is 2.73 bits per heavy atom. The second-order valence-corrected chi connectivity index (χ2v) is 7.08. The molecule has 0 amide bonds. The first-order valence-electron chi connectivity index (χ1n) is 8.42. The second-order valence-electron chi connectivity index (χ2n) is 6.23. The van der Waals surface area contributed by atoms with Crippen molar-refractivity contribution in [2.24, 2.45) is 5.41 Å². The number of benzene rings is 1. The largest absolute Gasteiger partial charge is 0.489 e. The van der Waals surface area contributed by atoms with Gasteiger partial charge in [0.1, 0.15) is 18.5 Å². The quantitative estimate of drug-likeness (QED) is 0.617. The zero-order valence-corrected chi connectivity index (χ0v) is 16.3. The normalized spacial score (nSPS) is 14.5. The van der Waals surface area contributed by atoms with Gasteiger partial charge in [-0.15, -0.1) is 0 Å². The van der Waals surface area contributed by atoms with Gasteiger partial charge in [0.15, 0.2) is 0 Å². The van der Waals surface area contributed by atoms with Crippen molar-refractivity contribution in [3.05, 3.63) is 52.3 Å². The van der Waals surface area contributed by atoms with Crippen LogP contribution in [0.1, 0.15) is 26.0 Å². The molecular weight excluding hydrogens is 377 g/mol. The van der Waals surface area contributed by atoms with Crippen molar-refractivity contribution < 1.29 is 19.4 Å². The number of hydrogen-bond acceptors (Lipinski definition) is 4. The number of carbonyl (C=O) groups excluding carboxylic acids is 1. The highest BCUT2D eigenvalue weighted by atomic mass is 35.5. The minimum Gasteiger partial charge on any atom is -0.489 e. The van der Waals surface area contributed by atoms with E-state index >= 15 is 0 Å². The predicted octanol–water partition coefficient (Wildman–Crippen LogP) is 4.26. The van der Waals surface area contributed by atoms with E-state index in [9.17, 15) is 9.90 Å². The van der Waals surface area contributed by atoms with Crippen molar-refractivity contribution in [1.82, 2.24) is 4.98 Å². The summed E-state index contributed by atoms with van der Waals surface area (Å²) in [6.07, 6.45) is 1.76. The van der Waals surface area contributed by atoms with Crippen LogP contribution in [0, 0.1) is 5.41 Å². The van der Waals surface area contributed by atoms with E-state index in [1.807, 2.05) is 18.3 Å².